The van der Waals surface area contributed by atoms with Gasteiger partial charge in [0.2, 0.25) is 0 Å². The third-order valence-electron chi connectivity index (χ3n) is 2.23. The molecule has 4 nitrogen and oxygen atoms in total. The van der Waals surface area contributed by atoms with Crippen LogP contribution in [0.5, 0.6) is 5.75 Å². The van der Waals surface area contributed by atoms with Crippen molar-refractivity contribution >= 4 is 5.65 Å². The minimum absolute atomic E-state index is 0.523. The molecule has 15 heavy (non-hydrogen) atoms. The first kappa shape index (κ1) is 9.53. The monoisotopic (exact) mass is 201 g/mol. The zero-order valence-electron chi connectivity index (χ0n) is 8.69. The van der Waals surface area contributed by atoms with Gasteiger partial charge in [0.25, 0.3) is 0 Å². The molecule has 0 N–H and O–H groups in total. The molecule has 0 saturated heterocycles. The number of rotatable bonds is 2. The average Bonchev–Trinajstić information content (AvgIpc) is 2.62. The quantitative estimate of drug-likeness (QED) is 0.745. The Morgan fingerprint density at radius 1 is 1.60 bits per heavy atom. The van der Waals surface area contributed by atoms with Gasteiger partial charge < -0.3 is 9.14 Å². The summed E-state index contributed by atoms with van der Waals surface area (Å²) in [4.78, 5) is 4.23. The molecule has 0 aliphatic rings. The first-order valence-electron chi connectivity index (χ1n) is 4.77. The molecule has 4 heteroatoms. The van der Waals surface area contributed by atoms with Crippen LogP contribution in [0, 0.1) is 18.3 Å². The number of imidazole rings is 1. The fourth-order valence-corrected chi connectivity index (χ4v) is 1.52. The summed E-state index contributed by atoms with van der Waals surface area (Å²) in [6.45, 7) is 4.38. The Hall–Kier alpha value is -2.02. The van der Waals surface area contributed by atoms with E-state index in [2.05, 4.69) is 11.1 Å². The van der Waals surface area contributed by atoms with Gasteiger partial charge in [-0.3, -0.25) is 0 Å². The summed E-state index contributed by atoms with van der Waals surface area (Å²) in [6, 6.07) is 3.85. The molecule has 0 aliphatic carbocycles. The van der Waals surface area contributed by atoms with E-state index in [0.29, 0.717) is 23.6 Å². The SMILES string of the molecule is CCOc1c(C#N)ccn2c(C)cnc12. The smallest absolute Gasteiger partial charge is 0.181 e. The van der Waals surface area contributed by atoms with E-state index in [-0.39, 0.29) is 0 Å². The molecule has 0 saturated carbocycles. The molecule has 0 aromatic carbocycles. The van der Waals surface area contributed by atoms with Crippen LogP contribution < -0.4 is 4.74 Å². The van der Waals surface area contributed by atoms with Crippen LogP contribution >= 0.6 is 0 Å². The van der Waals surface area contributed by atoms with Gasteiger partial charge in [-0.05, 0) is 19.9 Å². The van der Waals surface area contributed by atoms with Crippen molar-refractivity contribution in [2.24, 2.45) is 0 Å². The Morgan fingerprint density at radius 2 is 2.40 bits per heavy atom. The molecule has 0 unspecified atom stereocenters. The van der Waals surface area contributed by atoms with Gasteiger partial charge >= 0.3 is 0 Å². The molecule has 0 spiro atoms. The molecule has 2 rings (SSSR count). The largest absolute Gasteiger partial charge is 0.489 e. The Kier molecular flexibility index (Phi) is 2.30. The van der Waals surface area contributed by atoms with E-state index in [1.807, 2.05) is 24.4 Å². The van der Waals surface area contributed by atoms with Crippen molar-refractivity contribution in [2.75, 3.05) is 6.61 Å². The van der Waals surface area contributed by atoms with Crippen LogP contribution in [0.4, 0.5) is 0 Å². The molecule has 0 aliphatic heterocycles. The van der Waals surface area contributed by atoms with Gasteiger partial charge in [0.1, 0.15) is 6.07 Å². The second-order valence-electron chi connectivity index (χ2n) is 3.20. The van der Waals surface area contributed by atoms with E-state index in [9.17, 15) is 0 Å². The highest BCUT2D eigenvalue weighted by molar-refractivity contribution is 5.62. The number of nitriles is 1. The third kappa shape index (κ3) is 1.42. The maximum absolute atomic E-state index is 8.94. The number of aryl methyl sites for hydroxylation is 1. The lowest BCUT2D eigenvalue weighted by Gasteiger charge is -2.06. The first-order valence-corrected chi connectivity index (χ1v) is 4.77. The normalized spacial score (nSPS) is 10.2. The van der Waals surface area contributed by atoms with Crippen LogP contribution in [0.25, 0.3) is 5.65 Å². The molecule has 2 aromatic rings. The molecular weight excluding hydrogens is 190 g/mol. The van der Waals surface area contributed by atoms with Crippen molar-refractivity contribution in [3.63, 3.8) is 0 Å². The number of hydrogen-bond acceptors (Lipinski definition) is 3. The molecule has 0 bridgehead atoms. The van der Waals surface area contributed by atoms with Gasteiger partial charge in [0.05, 0.1) is 12.2 Å². The van der Waals surface area contributed by atoms with Gasteiger partial charge in [-0.25, -0.2) is 4.98 Å². The highest BCUT2D eigenvalue weighted by Crippen LogP contribution is 2.24. The number of fused-ring (bicyclic) bond motifs is 1. The predicted molar refractivity (Wildman–Crippen MR) is 55.8 cm³/mol. The topological polar surface area (TPSA) is 50.3 Å². The zero-order chi connectivity index (χ0) is 10.8. The summed E-state index contributed by atoms with van der Waals surface area (Å²) in [6.07, 6.45) is 3.59. The predicted octanol–water partition coefficient (Wildman–Crippen LogP) is 1.91. The highest BCUT2D eigenvalue weighted by atomic mass is 16.5. The van der Waals surface area contributed by atoms with E-state index in [4.69, 9.17) is 10.00 Å². The maximum Gasteiger partial charge on any atom is 0.181 e. The van der Waals surface area contributed by atoms with Crippen molar-refractivity contribution in [1.29, 1.82) is 5.26 Å². The molecule has 2 aromatic heterocycles. The van der Waals surface area contributed by atoms with E-state index < -0.39 is 0 Å². The Labute approximate surface area is 87.7 Å². The van der Waals surface area contributed by atoms with Crippen molar-refractivity contribution in [2.45, 2.75) is 13.8 Å². The number of nitrogens with zero attached hydrogens (tertiary/aromatic N) is 3. The summed E-state index contributed by atoms with van der Waals surface area (Å²) in [5, 5.41) is 8.94. The lowest BCUT2D eigenvalue weighted by atomic mass is 10.2. The standard InChI is InChI=1S/C11H11N3O/c1-3-15-10-9(6-12)4-5-14-8(2)7-13-11(10)14/h4-5,7H,3H2,1-2H3. The fraction of sp³-hybridized carbons (Fsp3) is 0.273. The second kappa shape index (κ2) is 3.62. The lowest BCUT2D eigenvalue weighted by molar-refractivity contribution is 0.341. The molecule has 0 radical (unpaired) electrons. The minimum atomic E-state index is 0.523. The molecule has 0 atom stereocenters. The van der Waals surface area contributed by atoms with E-state index in [1.54, 1.807) is 12.3 Å². The lowest BCUT2D eigenvalue weighted by Crippen LogP contribution is -1.99. The summed E-state index contributed by atoms with van der Waals surface area (Å²) in [5.74, 6) is 0.565. The molecular formula is C11H11N3O. The van der Waals surface area contributed by atoms with Crippen molar-refractivity contribution in [3.8, 4) is 11.8 Å². The molecule has 0 fully saturated rings. The molecule has 2 heterocycles. The van der Waals surface area contributed by atoms with Crippen LogP contribution in [0.3, 0.4) is 0 Å². The summed E-state index contributed by atoms with van der Waals surface area (Å²) >= 11 is 0. The van der Waals surface area contributed by atoms with Gasteiger partial charge in [-0.1, -0.05) is 0 Å². The van der Waals surface area contributed by atoms with Crippen LogP contribution in [0.15, 0.2) is 18.5 Å². The van der Waals surface area contributed by atoms with E-state index in [1.165, 1.54) is 0 Å². The Morgan fingerprint density at radius 3 is 3.07 bits per heavy atom. The van der Waals surface area contributed by atoms with Crippen molar-refractivity contribution in [1.82, 2.24) is 9.38 Å². The van der Waals surface area contributed by atoms with Crippen LogP contribution in [-0.4, -0.2) is 16.0 Å². The Balaban J connectivity index is 2.74. The van der Waals surface area contributed by atoms with Crippen molar-refractivity contribution < 1.29 is 4.74 Å². The van der Waals surface area contributed by atoms with Gasteiger partial charge in [-0.15, -0.1) is 0 Å². The second-order valence-corrected chi connectivity index (χ2v) is 3.20. The summed E-state index contributed by atoms with van der Waals surface area (Å²) < 4.78 is 7.36. The fourth-order valence-electron chi connectivity index (χ4n) is 1.52. The van der Waals surface area contributed by atoms with Crippen LogP contribution in [-0.2, 0) is 0 Å². The zero-order valence-corrected chi connectivity index (χ0v) is 8.69. The summed E-state index contributed by atoms with van der Waals surface area (Å²) in [5.41, 5.74) is 2.25. The Bertz CT molecular complexity index is 536. The number of pyridine rings is 1. The average molecular weight is 201 g/mol. The van der Waals surface area contributed by atoms with E-state index >= 15 is 0 Å². The first-order chi connectivity index (χ1) is 7.27. The third-order valence-corrected chi connectivity index (χ3v) is 2.23. The number of aromatic nitrogens is 2. The number of ether oxygens (including phenoxy) is 1. The van der Waals surface area contributed by atoms with Gasteiger partial charge in [-0.2, -0.15) is 5.26 Å². The molecule has 76 valence electrons. The van der Waals surface area contributed by atoms with Gasteiger partial charge in [0.15, 0.2) is 11.4 Å². The van der Waals surface area contributed by atoms with Crippen LogP contribution in [0.2, 0.25) is 0 Å². The number of hydrogen-bond donors (Lipinski definition) is 0. The van der Waals surface area contributed by atoms with E-state index in [0.717, 1.165) is 5.69 Å². The van der Waals surface area contributed by atoms with Crippen LogP contribution in [0.1, 0.15) is 18.2 Å². The molecule has 0 amide bonds. The van der Waals surface area contributed by atoms with Crippen molar-refractivity contribution in [3.05, 3.63) is 29.7 Å². The minimum Gasteiger partial charge on any atom is -0.489 e. The maximum atomic E-state index is 8.94. The van der Waals surface area contributed by atoms with Gasteiger partial charge in [0, 0.05) is 18.1 Å². The highest BCUT2D eigenvalue weighted by Gasteiger charge is 2.11. The summed E-state index contributed by atoms with van der Waals surface area (Å²) in [7, 11) is 0.